The van der Waals surface area contributed by atoms with E-state index in [1.54, 1.807) is 7.11 Å². The topological polar surface area (TPSA) is 69.2 Å². The molecule has 4 aromatic rings. The second kappa shape index (κ2) is 9.71. The Morgan fingerprint density at radius 1 is 0.900 bits per heavy atom. The second-order valence-corrected chi connectivity index (χ2v) is 8.19. The van der Waals surface area contributed by atoms with Gasteiger partial charge in [-0.15, -0.1) is 0 Å². The van der Waals surface area contributed by atoms with E-state index in [-0.39, 0.29) is 0 Å². The van der Waals surface area contributed by atoms with Gasteiger partial charge in [-0.2, -0.15) is 0 Å². The van der Waals surface area contributed by atoms with E-state index >= 15 is 0 Å². The molecular formula is C24H25N3O2S. The van der Waals surface area contributed by atoms with Gasteiger partial charge in [-0.3, -0.25) is 0 Å². The third kappa shape index (κ3) is 4.79. The lowest BCUT2D eigenvalue weighted by atomic mass is 10.0. The van der Waals surface area contributed by atoms with Crippen LogP contribution >= 0.6 is 10.9 Å². The van der Waals surface area contributed by atoms with Crippen molar-refractivity contribution in [2.45, 2.75) is 13.0 Å². The fourth-order valence-electron chi connectivity index (χ4n) is 3.37. The van der Waals surface area contributed by atoms with Crippen molar-refractivity contribution in [2.75, 3.05) is 25.5 Å². The maximum atomic E-state index is 12.0. The minimum atomic E-state index is -1.28. The van der Waals surface area contributed by atoms with Gasteiger partial charge in [0.25, 0.3) is 0 Å². The molecule has 1 aromatic heterocycles. The molecule has 4 rings (SSSR count). The van der Waals surface area contributed by atoms with E-state index in [2.05, 4.69) is 51.4 Å². The van der Waals surface area contributed by atoms with Gasteiger partial charge in [0.1, 0.15) is 5.75 Å². The Bertz CT molecular complexity index is 1090. The zero-order valence-electron chi connectivity index (χ0n) is 16.9. The number of hydrogen-bond donors (Lipinski definition) is 2. The number of aromatic nitrogens is 1. The summed E-state index contributed by atoms with van der Waals surface area (Å²) in [5.41, 5.74) is 3.63. The van der Waals surface area contributed by atoms with E-state index in [4.69, 9.17) is 4.74 Å². The van der Waals surface area contributed by atoms with Crippen LogP contribution in [0.3, 0.4) is 0 Å². The molecule has 5 nitrogen and oxygen atoms in total. The van der Waals surface area contributed by atoms with Crippen molar-refractivity contribution in [3.05, 3.63) is 78.4 Å². The molecule has 0 aliphatic heterocycles. The predicted octanol–water partition coefficient (Wildman–Crippen LogP) is 5.23. The normalized spacial score (nSPS) is 11.6. The van der Waals surface area contributed by atoms with Crippen LogP contribution in [0.25, 0.3) is 21.2 Å². The number of fused-ring (bicyclic) bond motifs is 1. The molecule has 6 heteroatoms. The highest BCUT2D eigenvalue weighted by Crippen LogP contribution is 2.31. The largest absolute Gasteiger partial charge is 0.568 e. The summed E-state index contributed by atoms with van der Waals surface area (Å²) in [7, 11) is 0.402. The highest BCUT2D eigenvalue weighted by Gasteiger charge is 2.13. The van der Waals surface area contributed by atoms with Crippen molar-refractivity contribution in [3.8, 4) is 16.9 Å². The van der Waals surface area contributed by atoms with Crippen LogP contribution in [0.5, 0.6) is 5.75 Å². The summed E-state index contributed by atoms with van der Waals surface area (Å²) in [5.74, 6) is 1.60. The molecule has 2 N–H and O–H groups in total. The van der Waals surface area contributed by atoms with Gasteiger partial charge < -0.3 is 19.9 Å². The van der Waals surface area contributed by atoms with Crippen LogP contribution in [-0.4, -0.2) is 29.1 Å². The van der Waals surface area contributed by atoms with Crippen LogP contribution in [0.1, 0.15) is 12.0 Å². The van der Waals surface area contributed by atoms with Gasteiger partial charge in [-0.1, -0.05) is 48.5 Å². The Hall–Kier alpha value is -2.93. The maximum absolute atomic E-state index is 12.0. The lowest BCUT2D eigenvalue weighted by Crippen LogP contribution is -2.17. The van der Waals surface area contributed by atoms with Crippen molar-refractivity contribution in [2.24, 2.45) is 0 Å². The molecule has 0 bridgehead atoms. The van der Waals surface area contributed by atoms with Gasteiger partial charge in [0.15, 0.2) is 5.82 Å². The van der Waals surface area contributed by atoms with Gasteiger partial charge >= 0.3 is 0 Å². The summed E-state index contributed by atoms with van der Waals surface area (Å²) >= 11 is 0. The zero-order valence-corrected chi connectivity index (χ0v) is 17.7. The van der Waals surface area contributed by atoms with Crippen LogP contribution < -0.4 is 15.4 Å². The number of hydrogen-bond acceptors (Lipinski definition) is 5. The third-order valence-corrected chi connectivity index (χ3v) is 6.11. The second-order valence-electron chi connectivity index (χ2n) is 7.07. The average Bonchev–Trinajstić information content (AvgIpc) is 3.12. The van der Waals surface area contributed by atoms with Crippen molar-refractivity contribution < 1.29 is 9.29 Å². The minimum Gasteiger partial charge on any atom is -0.568 e. The van der Waals surface area contributed by atoms with Gasteiger partial charge in [0.05, 0.1) is 23.4 Å². The molecule has 3 aromatic carbocycles. The molecule has 0 fully saturated rings. The highest BCUT2D eigenvalue weighted by molar-refractivity contribution is 7.26. The van der Waals surface area contributed by atoms with E-state index in [0.29, 0.717) is 0 Å². The summed E-state index contributed by atoms with van der Waals surface area (Å²) in [6.45, 7) is 2.51. The molecule has 1 atom stereocenters. The number of anilines is 1. The van der Waals surface area contributed by atoms with Crippen LogP contribution in [0.15, 0.2) is 72.8 Å². The van der Waals surface area contributed by atoms with Gasteiger partial charge in [0, 0.05) is 19.2 Å². The van der Waals surface area contributed by atoms with E-state index in [0.717, 1.165) is 47.7 Å². The van der Waals surface area contributed by atoms with Gasteiger partial charge in [-0.25, -0.2) is 0 Å². The van der Waals surface area contributed by atoms with Crippen molar-refractivity contribution in [1.29, 1.82) is 0 Å². The number of rotatable bonds is 9. The smallest absolute Gasteiger partial charge is 0.208 e. The van der Waals surface area contributed by atoms with E-state index in [9.17, 15) is 4.55 Å². The predicted molar refractivity (Wildman–Crippen MR) is 124 cm³/mol. The summed E-state index contributed by atoms with van der Waals surface area (Å²) < 4.78 is 22.2. The Balaban J connectivity index is 1.21. The van der Waals surface area contributed by atoms with E-state index < -0.39 is 10.9 Å². The van der Waals surface area contributed by atoms with Crippen LogP contribution in [0.4, 0.5) is 5.82 Å². The molecule has 0 amide bonds. The fraction of sp³-hybridized carbons (Fsp3) is 0.208. The Kier molecular flexibility index (Phi) is 6.59. The number of methoxy groups -OCH3 is 1. The van der Waals surface area contributed by atoms with Crippen LogP contribution in [0, 0.1) is 0 Å². The first kappa shape index (κ1) is 20.3. The molecule has 0 spiro atoms. The maximum Gasteiger partial charge on any atom is 0.208 e. The Morgan fingerprint density at radius 3 is 2.33 bits per heavy atom. The van der Waals surface area contributed by atoms with Crippen LogP contribution in [-0.2, 0) is 6.54 Å². The number of nitrogens with one attached hydrogen (secondary N) is 2. The number of benzene rings is 3. The standard InChI is InChI=1S/C24H25N3O2S/c1-29-21-13-11-20(12-14-21)19-9-7-18(8-10-19)17-25-15-4-16-26-24-22-5-2-3-6-23(22)30(28)27-24/h2-3,5-14,25H,4,15-17H2,1H3,(H,26,27). The number of nitrogens with zero attached hydrogens (tertiary/aromatic N) is 1. The van der Waals surface area contributed by atoms with Crippen molar-refractivity contribution in [1.82, 2.24) is 9.69 Å². The van der Waals surface area contributed by atoms with E-state index in [1.165, 1.54) is 16.7 Å². The molecule has 154 valence electrons. The quantitative estimate of drug-likeness (QED) is 0.287. The summed E-state index contributed by atoms with van der Waals surface area (Å²) in [6.07, 6.45) is 0.956. The van der Waals surface area contributed by atoms with E-state index in [1.807, 2.05) is 36.4 Å². The Labute approximate surface area is 179 Å². The first-order chi connectivity index (χ1) is 14.7. The molecule has 0 radical (unpaired) electrons. The van der Waals surface area contributed by atoms with Crippen molar-refractivity contribution in [3.63, 3.8) is 0 Å². The molecule has 30 heavy (non-hydrogen) atoms. The molecule has 0 saturated carbocycles. The average molecular weight is 420 g/mol. The lowest BCUT2D eigenvalue weighted by molar-refractivity contribution is 0.415. The number of ether oxygens (including phenoxy) is 1. The van der Waals surface area contributed by atoms with Gasteiger partial charge in [0.2, 0.25) is 4.70 Å². The monoisotopic (exact) mass is 419 g/mol. The van der Waals surface area contributed by atoms with Crippen molar-refractivity contribution >= 4 is 26.9 Å². The minimum absolute atomic E-state index is 0.734. The summed E-state index contributed by atoms with van der Waals surface area (Å²) in [5, 5.41) is 7.73. The SMILES string of the molecule is COc1ccc(-c2ccc(CNCCCNc3n[s+]([O-])c4ccccc34)cc2)cc1. The Morgan fingerprint density at radius 2 is 1.60 bits per heavy atom. The van der Waals surface area contributed by atoms with Gasteiger partial charge in [-0.05, 0) is 52.2 Å². The summed E-state index contributed by atoms with van der Waals surface area (Å²) in [4.78, 5) is 0. The molecule has 1 heterocycles. The fourth-order valence-corrected chi connectivity index (χ4v) is 4.35. The summed E-state index contributed by atoms with van der Waals surface area (Å²) in [6, 6.07) is 24.4. The molecule has 1 unspecified atom stereocenters. The molecule has 0 aliphatic rings. The molecule has 0 saturated heterocycles. The zero-order chi connectivity index (χ0) is 20.8. The molecular weight excluding hydrogens is 394 g/mol. The highest BCUT2D eigenvalue weighted by atomic mass is 32.2. The van der Waals surface area contributed by atoms with Crippen LogP contribution in [0.2, 0.25) is 0 Å². The first-order valence-corrected chi connectivity index (χ1v) is 11.1. The first-order valence-electron chi connectivity index (χ1n) is 10.0. The molecule has 0 aliphatic carbocycles. The third-order valence-electron chi connectivity index (χ3n) is 5.03. The lowest BCUT2D eigenvalue weighted by Gasteiger charge is -2.08.